The molecule has 1 aliphatic heterocycles. The van der Waals surface area contributed by atoms with Gasteiger partial charge in [0.2, 0.25) is 0 Å². The maximum absolute atomic E-state index is 4.73. The number of anilines is 1. The van der Waals surface area contributed by atoms with Gasteiger partial charge in [-0.3, -0.25) is 0 Å². The molecule has 0 atom stereocenters. The van der Waals surface area contributed by atoms with E-state index in [2.05, 4.69) is 35.8 Å². The van der Waals surface area contributed by atoms with Crippen molar-refractivity contribution in [3.63, 3.8) is 0 Å². The molecule has 0 saturated carbocycles. The smallest absolute Gasteiger partial charge is 0.252 e. The average Bonchev–Trinajstić information content (AvgIpc) is 2.84. The van der Waals surface area contributed by atoms with E-state index in [9.17, 15) is 0 Å². The molecular weight excluding hydrogens is 262 g/mol. The van der Waals surface area contributed by atoms with Crippen LogP contribution < -0.4 is 4.90 Å². The van der Waals surface area contributed by atoms with Crippen molar-refractivity contribution in [2.75, 3.05) is 18.0 Å². The third kappa shape index (κ3) is 2.64. The Morgan fingerprint density at radius 3 is 2.57 bits per heavy atom. The summed E-state index contributed by atoms with van der Waals surface area (Å²) < 4.78 is 1.88. The Hall–Kier alpha value is -1.91. The highest BCUT2D eigenvalue weighted by Gasteiger charge is 2.16. The molecule has 112 valence electrons. The van der Waals surface area contributed by atoms with Crippen LogP contribution in [0.5, 0.6) is 0 Å². The molecular formula is C16H23N5. The van der Waals surface area contributed by atoms with Gasteiger partial charge in [0.15, 0.2) is 0 Å². The van der Waals surface area contributed by atoms with Crippen LogP contribution in [0.3, 0.4) is 0 Å². The maximum Gasteiger partial charge on any atom is 0.252 e. The zero-order valence-corrected chi connectivity index (χ0v) is 13.1. The van der Waals surface area contributed by atoms with E-state index in [1.165, 1.54) is 24.8 Å². The maximum atomic E-state index is 4.73. The lowest BCUT2D eigenvalue weighted by molar-refractivity contribution is 0.572. The summed E-state index contributed by atoms with van der Waals surface area (Å²) in [5, 5.41) is 4.66. The highest BCUT2D eigenvalue weighted by molar-refractivity contribution is 5.40. The van der Waals surface area contributed by atoms with Gasteiger partial charge in [-0.1, -0.05) is 6.92 Å². The van der Waals surface area contributed by atoms with E-state index in [0.29, 0.717) is 5.95 Å². The van der Waals surface area contributed by atoms with Crippen molar-refractivity contribution in [2.24, 2.45) is 0 Å². The Morgan fingerprint density at radius 1 is 1.14 bits per heavy atom. The van der Waals surface area contributed by atoms with Crippen LogP contribution in [0, 0.1) is 13.8 Å². The van der Waals surface area contributed by atoms with Crippen LogP contribution >= 0.6 is 0 Å². The second kappa shape index (κ2) is 5.84. The minimum atomic E-state index is 0.679. The zero-order valence-electron chi connectivity index (χ0n) is 13.1. The summed E-state index contributed by atoms with van der Waals surface area (Å²) in [6.07, 6.45) is 6.60. The van der Waals surface area contributed by atoms with E-state index in [0.717, 1.165) is 36.7 Å². The van der Waals surface area contributed by atoms with Gasteiger partial charge < -0.3 is 4.90 Å². The monoisotopic (exact) mass is 285 g/mol. The van der Waals surface area contributed by atoms with Crippen LogP contribution in [0.15, 0.2) is 12.3 Å². The van der Waals surface area contributed by atoms with Gasteiger partial charge >= 0.3 is 0 Å². The number of hydrogen-bond acceptors (Lipinski definition) is 4. The summed E-state index contributed by atoms with van der Waals surface area (Å²) in [4.78, 5) is 11.5. The third-order valence-corrected chi connectivity index (χ3v) is 4.35. The first-order valence-corrected chi connectivity index (χ1v) is 7.84. The second-order valence-corrected chi connectivity index (χ2v) is 5.69. The quantitative estimate of drug-likeness (QED) is 0.870. The normalized spacial score (nSPS) is 15.5. The van der Waals surface area contributed by atoms with Crippen LogP contribution in [-0.4, -0.2) is 32.8 Å². The number of aryl methyl sites for hydroxylation is 1. The van der Waals surface area contributed by atoms with Gasteiger partial charge in [-0.2, -0.15) is 10.1 Å². The van der Waals surface area contributed by atoms with E-state index in [4.69, 9.17) is 4.98 Å². The first kappa shape index (κ1) is 14.0. The molecule has 0 amide bonds. The first-order valence-electron chi connectivity index (χ1n) is 7.84. The lowest BCUT2D eigenvalue weighted by Gasteiger charge is -2.27. The molecule has 0 bridgehead atoms. The number of piperidine rings is 1. The van der Waals surface area contributed by atoms with Crippen LogP contribution in [0.2, 0.25) is 0 Å². The average molecular weight is 285 g/mol. The van der Waals surface area contributed by atoms with Crippen molar-refractivity contribution in [3.05, 3.63) is 29.2 Å². The molecule has 0 N–H and O–H groups in total. The largest absolute Gasteiger partial charge is 0.356 e. The Balaban J connectivity index is 1.96. The van der Waals surface area contributed by atoms with Crippen LogP contribution in [0.25, 0.3) is 5.95 Å². The Bertz CT molecular complexity index is 626. The van der Waals surface area contributed by atoms with Gasteiger partial charge in [0, 0.05) is 25.0 Å². The summed E-state index contributed by atoms with van der Waals surface area (Å²) in [5.74, 6) is 1.70. The van der Waals surface area contributed by atoms with Gasteiger partial charge in [-0.05, 0) is 51.2 Å². The van der Waals surface area contributed by atoms with Crippen molar-refractivity contribution >= 4 is 5.82 Å². The van der Waals surface area contributed by atoms with Crippen molar-refractivity contribution in [1.82, 2.24) is 19.7 Å². The van der Waals surface area contributed by atoms with E-state index >= 15 is 0 Å². The van der Waals surface area contributed by atoms with Crippen LogP contribution in [-0.2, 0) is 6.42 Å². The molecule has 0 spiro atoms. The number of rotatable bonds is 3. The Kier molecular flexibility index (Phi) is 3.90. The first-order chi connectivity index (χ1) is 10.2. The van der Waals surface area contributed by atoms with E-state index < -0.39 is 0 Å². The van der Waals surface area contributed by atoms with Crippen LogP contribution in [0.4, 0.5) is 5.82 Å². The predicted molar refractivity (Wildman–Crippen MR) is 84.1 cm³/mol. The van der Waals surface area contributed by atoms with E-state index in [-0.39, 0.29) is 0 Å². The van der Waals surface area contributed by atoms with Crippen LogP contribution in [0.1, 0.15) is 43.1 Å². The zero-order chi connectivity index (χ0) is 14.8. The fraction of sp³-hybridized carbons (Fsp3) is 0.562. The minimum Gasteiger partial charge on any atom is -0.356 e. The minimum absolute atomic E-state index is 0.679. The summed E-state index contributed by atoms with van der Waals surface area (Å²) in [6.45, 7) is 8.51. The highest BCUT2D eigenvalue weighted by Crippen LogP contribution is 2.20. The molecule has 0 aliphatic carbocycles. The molecule has 3 rings (SSSR count). The highest BCUT2D eigenvalue weighted by atomic mass is 15.4. The summed E-state index contributed by atoms with van der Waals surface area (Å²) in [6, 6.07) is 2.00. The van der Waals surface area contributed by atoms with Crippen molar-refractivity contribution in [1.29, 1.82) is 0 Å². The molecule has 0 radical (unpaired) electrons. The fourth-order valence-corrected chi connectivity index (χ4v) is 2.91. The molecule has 1 saturated heterocycles. The lowest BCUT2D eigenvalue weighted by Crippen LogP contribution is -2.30. The van der Waals surface area contributed by atoms with Gasteiger partial charge in [0.1, 0.15) is 5.82 Å². The third-order valence-electron chi connectivity index (χ3n) is 4.35. The molecule has 1 fully saturated rings. The van der Waals surface area contributed by atoms with Crippen molar-refractivity contribution in [2.45, 2.75) is 46.5 Å². The second-order valence-electron chi connectivity index (χ2n) is 5.69. The molecule has 2 aromatic heterocycles. The lowest BCUT2D eigenvalue weighted by atomic mass is 10.1. The molecule has 0 aromatic carbocycles. The molecule has 5 nitrogen and oxygen atoms in total. The van der Waals surface area contributed by atoms with Crippen molar-refractivity contribution in [3.8, 4) is 5.95 Å². The molecule has 5 heteroatoms. The SMILES string of the molecule is CCc1nn(-c2nccc(N3CCCCC3)n2)c(C)c1C. The molecule has 2 aromatic rings. The Morgan fingerprint density at radius 2 is 1.90 bits per heavy atom. The van der Waals surface area contributed by atoms with Gasteiger partial charge in [0.05, 0.1) is 5.69 Å². The molecule has 0 unspecified atom stereocenters. The number of nitrogens with zero attached hydrogens (tertiary/aromatic N) is 5. The Labute approximate surface area is 126 Å². The van der Waals surface area contributed by atoms with E-state index in [1.54, 1.807) is 0 Å². The standard InChI is InChI=1S/C16H23N5/c1-4-14-12(2)13(3)21(19-14)16-17-9-8-15(18-16)20-10-6-5-7-11-20/h8-9H,4-7,10-11H2,1-3H3. The van der Waals surface area contributed by atoms with Gasteiger partial charge in [-0.15, -0.1) is 0 Å². The van der Waals surface area contributed by atoms with Gasteiger partial charge in [-0.25, -0.2) is 9.67 Å². The predicted octanol–water partition coefficient (Wildman–Crippen LogP) is 2.83. The summed E-state index contributed by atoms with van der Waals surface area (Å²) >= 11 is 0. The molecule has 3 heterocycles. The fourth-order valence-electron chi connectivity index (χ4n) is 2.91. The summed E-state index contributed by atoms with van der Waals surface area (Å²) in [7, 11) is 0. The van der Waals surface area contributed by atoms with Gasteiger partial charge in [0.25, 0.3) is 5.95 Å². The summed E-state index contributed by atoms with van der Waals surface area (Å²) in [5.41, 5.74) is 3.49. The molecule has 1 aliphatic rings. The van der Waals surface area contributed by atoms with Crippen molar-refractivity contribution < 1.29 is 0 Å². The number of aromatic nitrogens is 4. The topological polar surface area (TPSA) is 46.8 Å². The number of hydrogen-bond donors (Lipinski definition) is 0. The molecule has 21 heavy (non-hydrogen) atoms. The van der Waals surface area contributed by atoms with E-state index in [1.807, 2.05) is 16.9 Å².